The number of amides is 1. The summed E-state index contributed by atoms with van der Waals surface area (Å²) in [6, 6.07) is 5.98. The summed E-state index contributed by atoms with van der Waals surface area (Å²) < 4.78 is 40.4. The van der Waals surface area contributed by atoms with Crippen LogP contribution in [0.4, 0.5) is 13.2 Å². The van der Waals surface area contributed by atoms with Gasteiger partial charge in [-0.05, 0) is 47.0 Å². The Hall–Kier alpha value is -2.41. The van der Waals surface area contributed by atoms with Crippen molar-refractivity contribution in [2.24, 2.45) is 5.16 Å². The zero-order chi connectivity index (χ0) is 27.9. The topological polar surface area (TPSA) is 76.8 Å². The molecule has 0 spiro atoms. The average Bonchev–Trinajstić information content (AvgIpc) is 3.56. The zero-order valence-corrected chi connectivity index (χ0v) is 24.0. The van der Waals surface area contributed by atoms with E-state index in [0.717, 1.165) is 9.57 Å². The van der Waals surface area contributed by atoms with Crippen LogP contribution in [0.1, 0.15) is 53.1 Å². The van der Waals surface area contributed by atoms with Crippen molar-refractivity contribution in [1.82, 2.24) is 14.5 Å². The lowest BCUT2D eigenvalue weighted by atomic mass is 9.97. The van der Waals surface area contributed by atoms with E-state index in [1.807, 2.05) is 5.38 Å². The number of hydrogen-bond acceptors (Lipinski definition) is 6. The fraction of sp³-hybridized carbons (Fsp3) is 0.360. The number of pyridine rings is 1. The molecule has 2 aliphatic rings. The van der Waals surface area contributed by atoms with Crippen molar-refractivity contribution in [3.63, 3.8) is 0 Å². The van der Waals surface area contributed by atoms with Crippen molar-refractivity contribution >= 4 is 62.1 Å². The average molecular weight is 664 g/mol. The minimum atomic E-state index is -4.81. The van der Waals surface area contributed by atoms with Gasteiger partial charge < -0.3 is 14.3 Å². The van der Waals surface area contributed by atoms with Gasteiger partial charge in [0.15, 0.2) is 6.10 Å². The third-order valence-electron chi connectivity index (χ3n) is 6.67. The van der Waals surface area contributed by atoms with Gasteiger partial charge in [-0.1, -0.05) is 34.4 Å². The molecular weight excluding hydrogens is 644 g/mol. The molecule has 1 atom stereocenters. The van der Waals surface area contributed by atoms with E-state index in [-0.39, 0.29) is 10.4 Å². The number of aromatic nitrogens is 2. The van der Waals surface area contributed by atoms with Gasteiger partial charge in [-0.2, -0.15) is 13.2 Å². The van der Waals surface area contributed by atoms with Crippen LogP contribution in [0.5, 0.6) is 0 Å². The van der Waals surface area contributed by atoms with Crippen LogP contribution in [0.25, 0.3) is 0 Å². The van der Waals surface area contributed by atoms with Gasteiger partial charge in [-0.3, -0.25) is 9.59 Å². The second-order valence-corrected chi connectivity index (χ2v) is 11.8. The van der Waals surface area contributed by atoms with Crippen LogP contribution in [0, 0.1) is 0 Å². The van der Waals surface area contributed by atoms with Crippen LogP contribution < -0.4 is 5.56 Å². The van der Waals surface area contributed by atoms with Gasteiger partial charge >= 0.3 is 6.18 Å². The monoisotopic (exact) mass is 662 g/mol. The van der Waals surface area contributed by atoms with Gasteiger partial charge in [-0.15, -0.1) is 11.3 Å². The number of nitrogens with zero attached hydrogens (tertiary/aromatic N) is 4. The molecule has 3 aromatic rings. The number of benzene rings is 1. The lowest BCUT2D eigenvalue weighted by Gasteiger charge is -2.31. The Bertz CT molecular complexity index is 1480. The predicted octanol–water partition coefficient (Wildman–Crippen LogP) is 6.66. The van der Waals surface area contributed by atoms with E-state index in [1.165, 1.54) is 17.5 Å². The van der Waals surface area contributed by atoms with E-state index < -0.39 is 35.9 Å². The Labute approximate surface area is 243 Å². The molecule has 0 saturated carbocycles. The number of oxime groups is 1. The second-order valence-electron chi connectivity index (χ2n) is 9.20. The molecule has 4 heterocycles. The molecule has 2 aliphatic heterocycles. The summed E-state index contributed by atoms with van der Waals surface area (Å²) in [6.45, 7) is 0.346. The zero-order valence-electron chi connectivity index (χ0n) is 20.1. The normalized spacial score (nSPS) is 18.3. The van der Waals surface area contributed by atoms with Crippen LogP contribution in [0.3, 0.4) is 0 Å². The lowest BCUT2D eigenvalue weighted by molar-refractivity contribution is -0.140. The van der Waals surface area contributed by atoms with Crippen molar-refractivity contribution in [2.75, 3.05) is 13.1 Å². The van der Waals surface area contributed by atoms with E-state index in [2.05, 4.69) is 21.1 Å². The van der Waals surface area contributed by atoms with Crippen molar-refractivity contribution in [3.05, 3.63) is 82.5 Å². The number of carbonyl (C=O) groups excluding carboxylic acids is 1. The molecule has 2 aromatic heterocycles. The number of piperidine rings is 1. The van der Waals surface area contributed by atoms with Crippen LogP contribution in [0.15, 0.2) is 50.3 Å². The highest BCUT2D eigenvalue weighted by Gasteiger charge is 2.35. The van der Waals surface area contributed by atoms with Gasteiger partial charge in [0, 0.05) is 57.1 Å². The minimum absolute atomic E-state index is 0.0686. The molecule has 1 amide bonds. The Morgan fingerprint density at radius 3 is 2.56 bits per heavy atom. The van der Waals surface area contributed by atoms with Crippen LogP contribution >= 0.6 is 50.5 Å². The van der Waals surface area contributed by atoms with Crippen LogP contribution in [0.2, 0.25) is 10.0 Å². The minimum Gasteiger partial charge on any atom is -0.387 e. The quantitative estimate of drug-likeness (QED) is 0.306. The van der Waals surface area contributed by atoms with E-state index in [1.54, 1.807) is 23.1 Å². The SMILES string of the molecule is O=C(Cn1cc(Br)cc(C(F)(F)F)c1=O)N1CCC(c2nc(C3=NOC(c4c(Cl)cccc4Cl)C3)cs2)CC1. The summed E-state index contributed by atoms with van der Waals surface area (Å²) in [6.07, 6.45) is -2.26. The number of rotatable bonds is 5. The summed E-state index contributed by atoms with van der Waals surface area (Å²) in [4.78, 5) is 37.0. The van der Waals surface area contributed by atoms with Gasteiger partial charge in [0.2, 0.25) is 5.91 Å². The highest BCUT2D eigenvalue weighted by molar-refractivity contribution is 9.10. The fourth-order valence-corrected chi connectivity index (χ4v) is 6.77. The summed E-state index contributed by atoms with van der Waals surface area (Å²) in [5.41, 5.74) is -0.465. The van der Waals surface area contributed by atoms with E-state index in [0.29, 0.717) is 65.4 Å². The van der Waals surface area contributed by atoms with E-state index in [4.69, 9.17) is 33.0 Å². The number of alkyl halides is 3. The molecule has 1 saturated heterocycles. The number of carbonyl (C=O) groups is 1. The molecule has 5 rings (SSSR count). The molecule has 0 aliphatic carbocycles. The number of likely N-dealkylation sites (tertiary alicyclic amines) is 1. The van der Waals surface area contributed by atoms with Gasteiger partial charge in [0.1, 0.15) is 17.8 Å². The van der Waals surface area contributed by atoms with Crippen molar-refractivity contribution in [1.29, 1.82) is 0 Å². The van der Waals surface area contributed by atoms with E-state index >= 15 is 0 Å². The lowest BCUT2D eigenvalue weighted by Crippen LogP contribution is -2.41. The Morgan fingerprint density at radius 2 is 1.90 bits per heavy atom. The molecule has 0 N–H and O–H groups in total. The molecule has 1 aromatic carbocycles. The maximum Gasteiger partial charge on any atom is 0.421 e. The molecule has 206 valence electrons. The van der Waals surface area contributed by atoms with Crippen LogP contribution in [-0.2, 0) is 22.4 Å². The van der Waals surface area contributed by atoms with Gasteiger partial charge in [0.05, 0.1) is 10.7 Å². The Balaban J connectivity index is 1.19. The molecule has 39 heavy (non-hydrogen) atoms. The Morgan fingerprint density at radius 1 is 1.21 bits per heavy atom. The van der Waals surface area contributed by atoms with E-state index in [9.17, 15) is 22.8 Å². The molecule has 1 unspecified atom stereocenters. The molecule has 0 radical (unpaired) electrons. The largest absolute Gasteiger partial charge is 0.421 e. The van der Waals surface area contributed by atoms with Crippen molar-refractivity contribution in [3.8, 4) is 0 Å². The molecule has 14 heteroatoms. The second kappa shape index (κ2) is 11.2. The predicted molar refractivity (Wildman–Crippen MR) is 146 cm³/mol. The first-order chi connectivity index (χ1) is 18.5. The summed E-state index contributed by atoms with van der Waals surface area (Å²) >= 11 is 17.1. The first-order valence-electron chi connectivity index (χ1n) is 11.9. The summed E-state index contributed by atoms with van der Waals surface area (Å²) in [7, 11) is 0. The highest BCUT2D eigenvalue weighted by Crippen LogP contribution is 2.39. The fourth-order valence-electron chi connectivity index (χ4n) is 4.65. The molecule has 7 nitrogen and oxygen atoms in total. The third kappa shape index (κ3) is 6.03. The van der Waals surface area contributed by atoms with Gasteiger partial charge in [0.25, 0.3) is 5.56 Å². The smallest absolute Gasteiger partial charge is 0.387 e. The standard InChI is InChI=1S/C25H20BrCl2F3N4O3S/c26-14-8-15(25(29,30)31)24(37)35(10-14)11-21(36)34-6-4-13(5-7-34)23-32-19(12-39-23)18-9-20(38-33-18)22-16(27)2-1-3-17(22)28/h1-3,8,10,12-13,20H,4-7,9,11H2. The number of hydrogen-bond donors (Lipinski definition) is 0. The first kappa shape index (κ1) is 28.1. The third-order valence-corrected chi connectivity index (χ3v) is 8.77. The maximum atomic E-state index is 13.2. The van der Waals surface area contributed by atoms with Crippen LogP contribution in [-0.4, -0.2) is 39.2 Å². The highest BCUT2D eigenvalue weighted by atomic mass is 79.9. The molecule has 1 fully saturated rings. The van der Waals surface area contributed by atoms with Crippen molar-refractivity contribution < 1.29 is 22.8 Å². The molecular formula is C25H20BrCl2F3N4O3S. The number of halogens is 6. The van der Waals surface area contributed by atoms with Crippen molar-refractivity contribution in [2.45, 2.75) is 44.0 Å². The maximum absolute atomic E-state index is 13.2. The van der Waals surface area contributed by atoms with Gasteiger partial charge in [-0.25, -0.2) is 4.98 Å². The summed E-state index contributed by atoms with van der Waals surface area (Å²) in [5.74, 6) is -0.293. The Kier molecular flexibility index (Phi) is 8.10. The summed E-state index contributed by atoms with van der Waals surface area (Å²) in [5, 5.41) is 8.06. The number of thiazole rings is 1. The first-order valence-corrected chi connectivity index (χ1v) is 14.3. The molecule has 0 bridgehead atoms.